The predicted octanol–water partition coefficient (Wildman–Crippen LogP) is 3.68. The van der Waals surface area contributed by atoms with Crippen LogP contribution < -0.4 is 15.4 Å². The largest absolute Gasteiger partial charge is 0.496 e. The lowest BCUT2D eigenvalue weighted by Gasteiger charge is -2.09. The molecule has 1 aromatic heterocycles. The third-order valence-corrected chi connectivity index (χ3v) is 4.32. The van der Waals surface area contributed by atoms with Crippen molar-refractivity contribution >= 4 is 23.3 Å². The van der Waals surface area contributed by atoms with E-state index in [0.29, 0.717) is 23.9 Å². The molecule has 3 rings (SSSR count). The molecule has 138 valence electrons. The number of carbonyl (C=O) groups excluding carboxylic acids is 1. The third-order valence-electron chi connectivity index (χ3n) is 3.95. The molecule has 0 spiro atoms. The Labute approximate surface area is 162 Å². The van der Waals surface area contributed by atoms with Gasteiger partial charge in [-0.3, -0.25) is 4.79 Å². The van der Waals surface area contributed by atoms with Crippen molar-refractivity contribution in [2.45, 2.75) is 13.1 Å². The van der Waals surface area contributed by atoms with Crippen molar-refractivity contribution in [2.75, 3.05) is 12.4 Å². The fourth-order valence-corrected chi connectivity index (χ4v) is 2.69. The number of aromatic nitrogens is 2. The monoisotopic (exact) mass is 382 g/mol. The number of hydrogen-bond donors (Lipinski definition) is 2. The van der Waals surface area contributed by atoms with Crippen LogP contribution in [0, 0.1) is 0 Å². The van der Waals surface area contributed by atoms with Gasteiger partial charge in [0.2, 0.25) is 0 Å². The van der Waals surface area contributed by atoms with E-state index in [4.69, 9.17) is 16.3 Å². The van der Waals surface area contributed by atoms with E-state index in [0.717, 1.165) is 16.9 Å². The lowest BCUT2D eigenvalue weighted by molar-refractivity contribution is 0.0944. The van der Waals surface area contributed by atoms with Gasteiger partial charge in [0.15, 0.2) is 5.69 Å². The molecule has 0 aliphatic carbocycles. The second-order valence-corrected chi connectivity index (χ2v) is 6.15. The number of anilines is 1. The van der Waals surface area contributed by atoms with Gasteiger partial charge in [-0.1, -0.05) is 48.0 Å². The molecule has 0 fully saturated rings. The number of carbonyl (C=O) groups is 1. The Hall–Kier alpha value is -3.12. The van der Waals surface area contributed by atoms with E-state index >= 15 is 0 Å². The zero-order chi connectivity index (χ0) is 19.1. The molecular formula is C20H19ClN4O2. The second kappa shape index (κ2) is 9.00. The van der Waals surface area contributed by atoms with E-state index in [2.05, 4.69) is 20.8 Å². The number of nitrogens with zero attached hydrogens (tertiary/aromatic N) is 2. The summed E-state index contributed by atoms with van der Waals surface area (Å²) in [5.74, 6) is 0.991. The summed E-state index contributed by atoms with van der Waals surface area (Å²) in [6, 6.07) is 18.4. The number of methoxy groups -OCH3 is 1. The van der Waals surface area contributed by atoms with Crippen molar-refractivity contribution in [2.24, 2.45) is 0 Å². The van der Waals surface area contributed by atoms with Crippen LogP contribution in [-0.2, 0) is 13.1 Å². The van der Waals surface area contributed by atoms with Crippen LogP contribution in [0.4, 0.5) is 5.82 Å². The molecular weight excluding hydrogens is 364 g/mol. The minimum absolute atomic E-state index is 0.244. The van der Waals surface area contributed by atoms with Crippen LogP contribution in [0.15, 0.2) is 60.7 Å². The summed E-state index contributed by atoms with van der Waals surface area (Å²) in [5, 5.41) is 14.7. The summed E-state index contributed by atoms with van der Waals surface area (Å²) in [5.41, 5.74) is 2.09. The molecule has 1 amide bonds. The van der Waals surface area contributed by atoms with E-state index in [1.54, 1.807) is 19.2 Å². The number of rotatable bonds is 7. The molecule has 0 saturated heterocycles. The number of nitrogens with one attached hydrogen (secondary N) is 2. The van der Waals surface area contributed by atoms with Gasteiger partial charge in [-0.05, 0) is 29.8 Å². The van der Waals surface area contributed by atoms with Crippen LogP contribution in [0.3, 0.4) is 0 Å². The van der Waals surface area contributed by atoms with Crippen molar-refractivity contribution in [3.8, 4) is 5.75 Å². The number of para-hydroxylation sites is 1. The first-order valence-electron chi connectivity index (χ1n) is 8.38. The van der Waals surface area contributed by atoms with Crippen molar-refractivity contribution in [3.05, 3.63) is 82.5 Å². The Kier molecular flexibility index (Phi) is 6.22. The molecule has 2 aromatic carbocycles. The van der Waals surface area contributed by atoms with Gasteiger partial charge in [-0.15, -0.1) is 10.2 Å². The molecule has 0 aliphatic heterocycles. The third kappa shape index (κ3) is 4.95. The zero-order valence-corrected chi connectivity index (χ0v) is 15.5. The van der Waals surface area contributed by atoms with Crippen LogP contribution in [0.2, 0.25) is 5.02 Å². The summed E-state index contributed by atoms with van der Waals surface area (Å²) >= 11 is 6.13. The summed E-state index contributed by atoms with van der Waals surface area (Å²) < 4.78 is 5.27. The highest BCUT2D eigenvalue weighted by molar-refractivity contribution is 6.31. The van der Waals surface area contributed by atoms with Gasteiger partial charge in [0.1, 0.15) is 11.6 Å². The number of halogens is 1. The van der Waals surface area contributed by atoms with E-state index in [9.17, 15) is 4.79 Å². The van der Waals surface area contributed by atoms with E-state index in [-0.39, 0.29) is 11.6 Å². The topological polar surface area (TPSA) is 76.1 Å². The Morgan fingerprint density at radius 2 is 1.70 bits per heavy atom. The van der Waals surface area contributed by atoms with E-state index < -0.39 is 0 Å². The number of ether oxygens (including phenoxy) is 1. The highest BCUT2D eigenvalue weighted by Crippen LogP contribution is 2.17. The molecule has 0 bridgehead atoms. The normalized spacial score (nSPS) is 10.3. The first-order chi connectivity index (χ1) is 13.2. The molecule has 2 N–H and O–H groups in total. The molecule has 7 heteroatoms. The summed E-state index contributed by atoms with van der Waals surface area (Å²) in [7, 11) is 1.60. The molecule has 0 saturated carbocycles. The first-order valence-corrected chi connectivity index (χ1v) is 8.76. The number of hydrogen-bond acceptors (Lipinski definition) is 5. The average molecular weight is 383 g/mol. The molecule has 0 unspecified atom stereocenters. The van der Waals surface area contributed by atoms with Gasteiger partial charge in [-0.2, -0.15) is 0 Å². The molecule has 3 aromatic rings. The molecule has 27 heavy (non-hydrogen) atoms. The quantitative estimate of drug-likeness (QED) is 0.651. The zero-order valence-electron chi connectivity index (χ0n) is 14.8. The smallest absolute Gasteiger partial charge is 0.272 e. The van der Waals surface area contributed by atoms with Crippen molar-refractivity contribution in [1.29, 1.82) is 0 Å². The summed E-state index contributed by atoms with van der Waals surface area (Å²) in [4.78, 5) is 12.3. The standard InChI is InChI=1S/C20H19ClN4O2/c1-27-18-9-5-3-7-15(18)13-23-20(26)17-10-11-19(25-24-17)22-12-14-6-2-4-8-16(14)21/h2-11H,12-13H2,1H3,(H,22,25)(H,23,26). The van der Waals surface area contributed by atoms with Crippen LogP contribution in [0.25, 0.3) is 0 Å². The van der Waals surface area contributed by atoms with Gasteiger partial charge in [0.25, 0.3) is 5.91 Å². The van der Waals surface area contributed by atoms with Crippen molar-refractivity contribution < 1.29 is 9.53 Å². The highest BCUT2D eigenvalue weighted by Gasteiger charge is 2.10. The van der Waals surface area contributed by atoms with Crippen LogP contribution in [-0.4, -0.2) is 23.2 Å². The van der Waals surface area contributed by atoms with Gasteiger partial charge in [0, 0.05) is 23.7 Å². The predicted molar refractivity (Wildman–Crippen MR) is 105 cm³/mol. The Bertz CT molecular complexity index is 916. The van der Waals surface area contributed by atoms with Gasteiger partial charge < -0.3 is 15.4 Å². The van der Waals surface area contributed by atoms with Gasteiger partial charge in [-0.25, -0.2) is 0 Å². The fraction of sp³-hybridized carbons (Fsp3) is 0.150. The lowest BCUT2D eigenvalue weighted by Crippen LogP contribution is -2.24. The Morgan fingerprint density at radius 3 is 2.41 bits per heavy atom. The minimum atomic E-state index is -0.300. The minimum Gasteiger partial charge on any atom is -0.496 e. The summed E-state index contributed by atoms with van der Waals surface area (Å²) in [6.07, 6.45) is 0. The summed E-state index contributed by atoms with van der Waals surface area (Å²) in [6.45, 7) is 0.866. The Balaban J connectivity index is 1.56. The number of amides is 1. The fourth-order valence-electron chi connectivity index (χ4n) is 2.49. The maximum atomic E-state index is 12.3. The van der Waals surface area contributed by atoms with Crippen molar-refractivity contribution in [1.82, 2.24) is 15.5 Å². The van der Waals surface area contributed by atoms with Crippen molar-refractivity contribution in [3.63, 3.8) is 0 Å². The number of benzene rings is 2. The molecule has 6 nitrogen and oxygen atoms in total. The van der Waals surface area contributed by atoms with Crippen LogP contribution in [0.1, 0.15) is 21.6 Å². The van der Waals surface area contributed by atoms with Gasteiger partial charge >= 0.3 is 0 Å². The highest BCUT2D eigenvalue weighted by atomic mass is 35.5. The lowest BCUT2D eigenvalue weighted by atomic mass is 10.2. The Morgan fingerprint density at radius 1 is 0.963 bits per heavy atom. The first kappa shape index (κ1) is 18.7. The average Bonchev–Trinajstić information content (AvgIpc) is 2.72. The molecule has 0 aliphatic rings. The molecule has 0 atom stereocenters. The molecule has 0 radical (unpaired) electrons. The van der Waals surface area contributed by atoms with E-state index in [1.807, 2.05) is 48.5 Å². The maximum Gasteiger partial charge on any atom is 0.272 e. The second-order valence-electron chi connectivity index (χ2n) is 5.74. The van der Waals surface area contributed by atoms with Crippen LogP contribution >= 0.6 is 11.6 Å². The van der Waals surface area contributed by atoms with Gasteiger partial charge in [0.05, 0.1) is 7.11 Å². The molecule has 1 heterocycles. The SMILES string of the molecule is COc1ccccc1CNC(=O)c1ccc(NCc2ccccc2Cl)nn1. The van der Waals surface area contributed by atoms with Crippen LogP contribution in [0.5, 0.6) is 5.75 Å². The maximum absolute atomic E-state index is 12.3. The van der Waals surface area contributed by atoms with E-state index in [1.165, 1.54) is 0 Å².